The highest BCUT2D eigenvalue weighted by molar-refractivity contribution is 8.11. The molecule has 2 rings (SSSR count). The molecule has 0 aromatic carbocycles. The van der Waals surface area contributed by atoms with Crippen LogP contribution in [0.25, 0.3) is 0 Å². The van der Waals surface area contributed by atoms with Crippen LogP contribution in [-0.4, -0.2) is 25.3 Å². The fraction of sp³-hybridized carbons (Fsp3) is 1.00. The lowest BCUT2D eigenvalue weighted by Crippen LogP contribution is -2.34. The zero-order valence-electron chi connectivity index (χ0n) is 6.03. The van der Waals surface area contributed by atoms with Gasteiger partial charge in [0.2, 0.25) is 0 Å². The Bertz CT molecular complexity index is 264. The van der Waals surface area contributed by atoms with Crippen LogP contribution in [0.15, 0.2) is 0 Å². The molecule has 2 unspecified atom stereocenters. The van der Waals surface area contributed by atoms with Gasteiger partial charge in [-0.05, 0) is 25.2 Å². The lowest BCUT2D eigenvalue weighted by atomic mass is 10.1. The van der Waals surface area contributed by atoms with E-state index in [1.165, 1.54) is 10.7 Å². The molecule has 11 heavy (non-hydrogen) atoms. The van der Waals surface area contributed by atoms with E-state index in [1.807, 2.05) is 0 Å². The Kier molecular flexibility index (Phi) is 1.67. The molecule has 3 nitrogen and oxygen atoms in total. The molecule has 0 aromatic rings. The van der Waals surface area contributed by atoms with E-state index in [0.29, 0.717) is 12.5 Å². The number of nitrogens with zero attached hydrogens (tertiary/aromatic N) is 1. The van der Waals surface area contributed by atoms with Gasteiger partial charge in [-0.1, -0.05) is 0 Å². The van der Waals surface area contributed by atoms with Gasteiger partial charge in [-0.15, -0.1) is 0 Å². The molecule has 0 N–H and O–H groups in total. The van der Waals surface area contributed by atoms with E-state index in [4.69, 9.17) is 10.7 Å². The van der Waals surface area contributed by atoms with Crippen LogP contribution in [0.1, 0.15) is 19.3 Å². The fourth-order valence-electron chi connectivity index (χ4n) is 2.15. The second-order valence-electron chi connectivity index (χ2n) is 3.34. The SMILES string of the molecule is O=S(=O)(Cl)N1CC2CCC1C2. The van der Waals surface area contributed by atoms with E-state index >= 15 is 0 Å². The summed E-state index contributed by atoms with van der Waals surface area (Å²) < 4.78 is 23.3. The van der Waals surface area contributed by atoms with Gasteiger partial charge in [0.15, 0.2) is 0 Å². The Labute approximate surface area is 70.9 Å². The van der Waals surface area contributed by atoms with E-state index in [-0.39, 0.29) is 6.04 Å². The second-order valence-corrected chi connectivity index (χ2v) is 5.81. The minimum absolute atomic E-state index is 0.211. The highest BCUT2D eigenvalue weighted by Crippen LogP contribution is 2.39. The van der Waals surface area contributed by atoms with Crippen molar-refractivity contribution in [2.75, 3.05) is 6.54 Å². The molecule has 0 spiro atoms. The van der Waals surface area contributed by atoms with Crippen molar-refractivity contribution in [3.05, 3.63) is 0 Å². The Morgan fingerprint density at radius 3 is 2.36 bits per heavy atom. The highest BCUT2D eigenvalue weighted by atomic mass is 35.7. The number of piperidine rings is 1. The summed E-state index contributed by atoms with van der Waals surface area (Å²) in [5, 5.41) is 0. The average Bonchev–Trinajstić information content (AvgIpc) is 2.42. The number of hydrogen-bond acceptors (Lipinski definition) is 2. The lowest BCUT2D eigenvalue weighted by molar-refractivity contribution is 0.340. The Balaban J connectivity index is 2.21. The van der Waals surface area contributed by atoms with E-state index in [2.05, 4.69) is 0 Å². The first-order valence-corrected chi connectivity index (χ1v) is 6.05. The van der Waals surface area contributed by atoms with Crippen molar-refractivity contribution in [2.24, 2.45) is 5.92 Å². The first-order chi connectivity index (χ1) is 5.07. The normalized spacial score (nSPS) is 38.3. The maximum absolute atomic E-state index is 10.9. The van der Waals surface area contributed by atoms with Gasteiger partial charge in [0.25, 0.3) is 9.24 Å². The summed E-state index contributed by atoms with van der Waals surface area (Å²) >= 11 is 0. The minimum atomic E-state index is -3.43. The van der Waals surface area contributed by atoms with Crippen LogP contribution in [0.5, 0.6) is 0 Å². The summed E-state index contributed by atoms with van der Waals surface area (Å²) in [6.07, 6.45) is 3.19. The third kappa shape index (κ3) is 1.27. The number of rotatable bonds is 1. The van der Waals surface area contributed by atoms with Crippen LogP contribution < -0.4 is 0 Å². The standard InChI is InChI=1S/C6H10ClNO2S/c7-11(9,10)8-4-5-1-2-6(8)3-5/h5-6H,1-4H2. The molecule has 2 aliphatic rings. The van der Waals surface area contributed by atoms with Gasteiger partial charge in [0.1, 0.15) is 0 Å². The maximum Gasteiger partial charge on any atom is 0.300 e. The Hall–Kier alpha value is 0.200. The Morgan fingerprint density at radius 1 is 1.36 bits per heavy atom. The summed E-state index contributed by atoms with van der Waals surface area (Å²) in [6.45, 7) is 0.649. The molecule has 0 aromatic heterocycles. The van der Waals surface area contributed by atoms with Crippen molar-refractivity contribution >= 4 is 19.9 Å². The van der Waals surface area contributed by atoms with Crippen LogP contribution in [0, 0.1) is 5.92 Å². The van der Waals surface area contributed by atoms with Crippen molar-refractivity contribution in [1.29, 1.82) is 0 Å². The molecule has 1 aliphatic carbocycles. The van der Waals surface area contributed by atoms with Gasteiger partial charge < -0.3 is 0 Å². The number of hydrogen-bond donors (Lipinski definition) is 0. The molecule has 1 heterocycles. The molecule has 1 saturated carbocycles. The number of fused-ring (bicyclic) bond motifs is 2. The van der Waals surface area contributed by atoms with Crippen molar-refractivity contribution < 1.29 is 8.42 Å². The first kappa shape index (κ1) is 7.83. The van der Waals surface area contributed by atoms with E-state index in [0.717, 1.165) is 12.8 Å². The molecule has 2 bridgehead atoms. The third-order valence-corrected chi connectivity index (χ3v) is 4.18. The van der Waals surface area contributed by atoms with Crippen LogP contribution in [0.4, 0.5) is 0 Å². The van der Waals surface area contributed by atoms with Crippen molar-refractivity contribution in [1.82, 2.24) is 4.31 Å². The van der Waals surface area contributed by atoms with Crippen LogP contribution in [0.2, 0.25) is 0 Å². The van der Waals surface area contributed by atoms with Gasteiger partial charge in [-0.3, -0.25) is 0 Å². The summed E-state index contributed by atoms with van der Waals surface area (Å²) in [5.74, 6) is 0.577. The molecule has 2 atom stereocenters. The predicted molar refractivity (Wildman–Crippen MR) is 42.6 cm³/mol. The maximum atomic E-state index is 10.9. The molecule has 1 saturated heterocycles. The molecular weight excluding hydrogens is 186 g/mol. The second kappa shape index (κ2) is 2.34. The smallest absolute Gasteiger partial charge is 0.195 e. The highest BCUT2D eigenvalue weighted by Gasteiger charge is 2.42. The summed E-state index contributed by atoms with van der Waals surface area (Å²) in [4.78, 5) is 0. The van der Waals surface area contributed by atoms with Crippen molar-refractivity contribution in [2.45, 2.75) is 25.3 Å². The molecule has 0 amide bonds. The Morgan fingerprint density at radius 2 is 2.09 bits per heavy atom. The first-order valence-electron chi connectivity index (χ1n) is 3.79. The van der Waals surface area contributed by atoms with Gasteiger partial charge in [-0.25, -0.2) is 0 Å². The molecule has 1 aliphatic heterocycles. The summed E-state index contributed by atoms with van der Waals surface area (Å²) in [5.41, 5.74) is 0. The average molecular weight is 196 g/mol. The van der Waals surface area contributed by atoms with E-state index < -0.39 is 9.24 Å². The molecule has 2 fully saturated rings. The predicted octanol–water partition coefficient (Wildman–Crippen LogP) is 0.954. The van der Waals surface area contributed by atoms with Gasteiger partial charge in [0, 0.05) is 23.3 Å². The molecule has 0 radical (unpaired) electrons. The van der Waals surface area contributed by atoms with E-state index in [1.54, 1.807) is 0 Å². The van der Waals surface area contributed by atoms with Crippen LogP contribution >= 0.6 is 10.7 Å². The monoisotopic (exact) mass is 195 g/mol. The minimum Gasteiger partial charge on any atom is -0.195 e. The van der Waals surface area contributed by atoms with Crippen molar-refractivity contribution in [3.63, 3.8) is 0 Å². The van der Waals surface area contributed by atoms with Crippen molar-refractivity contribution in [3.8, 4) is 0 Å². The van der Waals surface area contributed by atoms with Gasteiger partial charge in [-0.2, -0.15) is 12.7 Å². The molecule has 5 heteroatoms. The zero-order valence-corrected chi connectivity index (χ0v) is 7.61. The van der Waals surface area contributed by atoms with Gasteiger partial charge in [0.05, 0.1) is 0 Å². The largest absolute Gasteiger partial charge is 0.300 e. The quantitative estimate of drug-likeness (QED) is 0.585. The lowest BCUT2D eigenvalue weighted by Gasteiger charge is -2.22. The number of halogens is 1. The van der Waals surface area contributed by atoms with Crippen LogP contribution in [0.3, 0.4) is 0 Å². The summed E-state index contributed by atoms with van der Waals surface area (Å²) in [6, 6.07) is 0.211. The third-order valence-electron chi connectivity index (χ3n) is 2.64. The topological polar surface area (TPSA) is 37.4 Å². The van der Waals surface area contributed by atoms with Crippen LogP contribution in [-0.2, 0) is 9.24 Å². The fourth-order valence-corrected chi connectivity index (χ4v) is 3.59. The van der Waals surface area contributed by atoms with E-state index in [9.17, 15) is 8.42 Å². The zero-order chi connectivity index (χ0) is 8.06. The molecular formula is C6H10ClNO2S. The molecule has 64 valence electrons. The van der Waals surface area contributed by atoms with Gasteiger partial charge >= 0.3 is 0 Å². The summed E-state index contributed by atoms with van der Waals surface area (Å²) in [7, 11) is 1.80.